The molecule has 0 atom stereocenters. The van der Waals surface area contributed by atoms with Crippen LogP contribution in [0, 0.1) is 0 Å². The standard InChI is InChI=1S/C17H16Cl2N6O4/c18-10-1-5-12(6-2-10)22-16(26)28-24-14(20)9-15(21)25-29-17(27)23-13-7-3-11(19)4-8-13/h1-8H,9H2,(H2,20,24)(H2,21,25)(H,22,26)(H,23,27)/p+2. The minimum absolute atomic E-state index is 0.0111. The number of benzene rings is 2. The molecule has 2 aromatic rings. The number of anilines is 2. The lowest BCUT2D eigenvalue weighted by Crippen LogP contribution is -2.80. The van der Waals surface area contributed by atoms with Crippen LogP contribution in [0.5, 0.6) is 0 Å². The summed E-state index contributed by atoms with van der Waals surface area (Å²) in [5, 5.41) is 10.4. The third-order valence-corrected chi connectivity index (χ3v) is 3.62. The van der Waals surface area contributed by atoms with Gasteiger partial charge < -0.3 is 0 Å². The van der Waals surface area contributed by atoms with E-state index in [1.54, 1.807) is 48.5 Å². The summed E-state index contributed by atoms with van der Waals surface area (Å²) in [4.78, 5) is 32.8. The van der Waals surface area contributed by atoms with Crippen LogP contribution in [0.1, 0.15) is 6.42 Å². The first-order chi connectivity index (χ1) is 13.8. The van der Waals surface area contributed by atoms with Gasteiger partial charge in [0.1, 0.15) is 0 Å². The Morgan fingerprint density at radius 3 is 1.45 bits per heavy atom. The SMILES string of the molecule is NC(CC(N)=[NH+]OC(=O)Nc1ccc(Cl)cc1)=[NH+]OC(=O)Nc1ccc(Cl)cc1. The van der Waals surface area contributed by atoms with Crippen molar-refractivity contribution in [3.63, 3.8) is 0 Å². The summed E-state index contributed by atoms with van der Waals surface area (Å²) < 4.78 is 0. The fraction of sp³-hybridized carbons (Fsp3) is 0.0588. The maximum Gasteiger partial charge on any atom is 0.456 e. The maximum absolute atomic E-state index is 11.7. The van der Waals surface area contributed by atoms with Crippen LogP contribution in [0.3, 0.4) is 0 Å². The summed E-state index contributed by atoms with van der Waals surface area (Å²) in [6, 6.07) is 12.8. The minimum Gasteiger partial charge on any atom is -0.288 e. The Morgan fingerprint density at radius 1 is 0.759 bits per heavy atom. The van der Waals surface area contributed by atoms with Gasteiger partial charge in [-0.05, 0) is 48.5 Å². The van der Waals surface area contributed by atoms with Gasteiger partial charge in [0.05, 0.1) is 0 Å². The third-order valence-electron chi connectivity index (χ3n) is 3.11. The topological polar surface area (TPSA) is 157 Å². The summed E-state index contributed by atoms with van der Waals surface area (Å²) in [5.41, 5.74) is 12.3. The van der Waals surface area contributed by atoms with E-state index in [1.807, 2.05) is 0 Å². The average molecular weight is 441 g/mol. The fourth-order valence-electron chi connectivity index (χ4n) is 1.85. The lowest BCUT2D eigenvalue weighted by Gasteiger charge is -2.02. The molecular weight excluding hydrogens is 423 g/mol. The zero-order valence-electron chi connectivity index (χ0n) is 14.9. The van der Waals surface area contributed by atoms with Crippen molar-refractivity contribution >= 4 is 58.4 Å². The van der Waals surface area contributed by atoms with E-state index in [0.717, 1.165) is 0 Å². The fourth-order valence-corrected chi connectivity index (χ4v) is 2.11. The van der Waals surface area contributed by atoms with Crippen molar-refractivity contribution < 1.29 is 29.6 Å². The molecule has 0 aliphatic heterocycles. The van der Waals surface area contributed by atoms with E-state index in [-0.39, 0.29) is 18.1 Å². The molecule has 2 rings (SSSR count). The summed E-state index contributed by atoms with van der Waals surface area (Å²) in [6.45, 7) is 0. The van der Waals surface area contributed by atoms with E-state index in [0.29, 0.717) is 21.4 Å². The van der Waals surface area contributed by atoms with Gasteiger partial charge in [-0.3, -0.25) is 22.1 Å². The molecule has 0 aliphatic rings. The summed E-state index contributed by atoms with van der Waals surface area (Å²) >= 11 is 11.5. The molecule has 0 aliphatic carbocycles. The Bertz CT molecular complexity index is 841. The number of amides is 2. The van der Waals surface area contributed by atoms with Crippen molar-refractivity contribution in [2.45, 2.75) is 6.42 Å². The van der Waals surface area contributed by atoms with E-state index in [2.05, 4.69) is 20.9 Å². The molecule has 0 spiro atoms. The van der Waals surface area contributed by atoms with Crippen molar-refractivity contribution in [2.75, 3.05) is 10.6 Å². The second-order valence-corrected chi connectivity index (χ2v) is 6.35. The van der Waals surface area contributed by atoms with Crippen molar-refractivity contribution in [3.05, 3.63) is 58.6 Å². The maximum atomic E-state index is 11.7. The van der Waals surface area contributed by atoms with Gasteiger partial charge in [-0.15, -0.1) is 0 Å². The molecule has 10 nitrogen and oxygen atoms in total. The molecule has 152 valence electrons. The number of hydrogen-bond acceptors (Lipinski definition) is 4. The number of halogens is 2. The molecular formula is C17H18Cl2N6O4+2. The molecule has 29 heavy (non-hydrogen) atoms. The number of rotatable bonds is 6. The van der Waals surface area contributed by atoms with Gasteiger partial charge in [0.2, 0.25) is 0 Å². The number of carbonyl (C=O) groups is 2. The Kier molecular flexibility index (Phi) is 8.07. The molecule has 2 amide bonds. The molecule has 12 heteroatoms. The second kappa shape index (κ2) is 10.7. The van der Waals surface area contributed by atoms with E-state index in [9.17, 15) is 9.59 Å². The van der Waals surface area contributed by atoms with Crippen LogP contribution in [-0.4, -0.2) is 23.9 Å². The second-order valence-electron chi connectivity index (χ2n) is 5.47. The smallest absolute Gasteiger partial charge is 0.288 e. The molecule has 0 bridgehead atoms. The van der Waals surface area contributed by atoms with Crippen molar-refractivity contribution in [3.8, 4) is 0 Å². The minimum atomic E-state index is -0.805. The zero-order chi connectivity index (χ0) is 21.2. The van der Waals surface area contributed by atoms with Crippen LogP contribution >= 0.6 is 23.2 Å². The Morgan fingerprint density at radius 2 is 1.10 bits per heavy atom. The highest BCUT2D eigenvalue weighted by Crippen LogP contribution is 2.13. The van der Waals surface area contributed by atoms with Crippen LogP contribution < -0.4 is 32.4 Å². The van der Waals surface area contributed by atoms with E-state index < -0.39 is 12.2 Å². The Balaban J connectivity index is 1.76. The molecule has 0 saturated carbocycles. The van der Waals surface area contributed by atoms with Crippen molar-refractivity contribution in [1.82, 2.24) is 0 Å². The molecule has 0 fully saturated rings. The van der Waals surface area contributed by atoms with E-state index in [4.69, 9.17) is 44.3 Å². The van der Waals surface area contributed by atoms with Gasteiger partial charge >= 0.3 is 12.2 Å². The van der Waals surface area contributed by atoms with Crippen LogP contribution in [0.25, 0.3) is 0 Å². The number of amidine groups is 2. The van der Waals surface area contributed by atoms with Crippen molar-refractivity contribution in [1.29, 1.82) is 0 Å². The van der Waals surface area contributed by atoms with Crippen LogP contribution in [-0.2, 0) is 9.68 Å². The molecule has 0 radical (unpaired) electrons. The molecule has 0 aromatic heterocycles. The highest BCUT2D eigenvalue weighted by Gasteiger charge is 2.13. The highest BCUT2D eigenvalue weighted by atomic mass is 35.5. The monoisotopic (exact) mass is 440 g/mol. The number of carbonyl (C=O) groups excluding carboxylic acids is 2. The van der Waals surface area contributed by atoms with Gasteiger partial charge in [0.25, 0.3) is 11.7 Å². The van der Waals surface area contributed by atoms with Gasteiger partial charge in [0, 0.05) is 21.4 Å². The average Bonchev–Trinajstić information content (AvgIpc) is 2.68. The van der Waals surface area contributed by atoms with Gasteiger partial charge in [0.15, 0.2) is 6.42 Å². The normalized spacial score (nSPS) is 11.5. The van der Waals surface area contributed by atoms with Gasteiger partial charge in [-0.25, -0.2) is 19.3 Å². The number of nitrogens with two attached hydrogens (primary N) is 2. The number of hydrogen-bond donors (Lipinski definition) is 6. The first kappa shape index (κ1) is 21.8. The van der Waals surface area contributed by atoms with Crippen LogP contribution in [0.15, 0.2) is 48.5 Å². The molecule has 8 N–H and O–H groups in total. The predicted octanol–water partition coefficient (Wildman–Crippen LogP) is -0.114. The summed E-state index contributed by atoms with van der Waals surface area (Å²) in [5.74, 6) is -0.0223. The number of nitrogens with one attached hydrogen (secondary N) is 4. The molecule has 0 saturated heterocycles. The molecule has 0 heterocycles. The van der Waals surface area contributed by atoms with Gasteiger partial charge in [-0.1, -0.05) is 33.5 Å². The highest BCUT2D eigenvalue weighted by molar-refractivity contribution is 6.30. The summed E-state index contributed by atoms with van der Waals surface area (Å²) in [6.07, 6.45) is -1.71. The Hall–Kier alpha value is -3.50. The first-order valence-corrected chi connectivity index (χ1v) is 8.79. The largest absolute Gasteiger partial charge is 0.456 e. The van der Waals surface area contributed by atoms with Crippen molar-refractivity contribution in [2.24, 2.45) is 11.5 Å². The van der Waals surface area contributed by atoms with E-state index in [1.165, 1.54) is 0 Å². The van der Waals surface area contributed by atoms with Crippen LogP contribution in [0.4, 0.5) is 21.0 Å². The zero-order valence-corrected chi connectivity index (χ0v) is 16.4. The molecule has 0 unspecified atom stereocenters. The lowest BCUT2D eigenvalue weighted by molar-refractivity contribution is -0.725. The van der Waals surface area contributed by atoms with E-state index >= 15 is 0 Å². The predicted molar refractivity (Wildman–Crippen MR) is 108 cm³/mol. The lowest BCUT2D eigenvalue weighted by atomic mass is 10.3. The quantitative estimate of drug-likeness (QED) is 0.159. The Labute approximate surface area is 175 Å². The first-order valence-electron chi connectivity index (χ1n) is 8.03. The molecule has 2 aromatic carbocycles. The van der Waals surface area contributed by atoms with Crippen LogP contribution in [0.2, 0.25) is 10.0 Å². The third kappa shape index (κ3) is 8.37. The van der Waals surface area contributed by atoms with Gasteiger partial charge in [-0.2, -0.15) is 0 Å². The summed E-state index contributed by atoms with van der Waals surface area (Å²) in [7, 11) is 0.